The molecule has 0 bridgehead atoms. The van der Waals surface area contributed by atoms with Crippen molar-refractivity contribution in [2.75, 3.05) is 9.80 Å². The van der Waals surface area contributed by atoms with Crippen LogP contribution in [0.4, 0.5) is 34.1 Å². The molecule has 0 atom stereocenters. The molecule has 5 nitrogen and oxygen atoms in total. The third kappa shape index (κ3) is 7.87. The van der Waals surface area contributed by atoms with Gasteiger partial charge < -0.3 is 14.4 Å². The van der Waals surface area contributed by atoms with Crippen molar-refractivity contribution in [3.8, 4) is 73.0 Å². The number of nitrogens with zero attached hydrogens (tertiary/aromatic N) is 5. The van der Waals surface area contributed by atoms with Crippen LogP contribution < -0.4 is 26.2 Å². The summed E-state index contributed by atoms with van der Waals surface area (Å²) in [6, 6.07) is 110. The Hall–Kier alpha value is -10.8. The Bertz CT molecular complexity index is 4680. The summed E-state index contributed by atoms with van der Waals surface area (Å²) in [5, 5.41) is 2.42. The van der Waals surface area contributed by atoms with Gasteiger partial charge in [0.05, 0.1) is 28.1 Å². The minimum absolute atomic E-state index is 0.0933. The summed E-state index contributed by atoms with van der Waals surface area (Å²) in [5.74, 6) is 0.687. The van der Waals surface area contributed by atoms with Crippen LogP contribution in [0.5, 0.6) is 0 Å². The maximum Gasteiger partial charge on any atom is 0.252 e. The molecule has 14 aromatic rings. The van der Waals surface area contributed by atoms with Crippen LogP contribution >= 0.6 is 0 Å². The van der Waals surface area contributed by atoms with Gasteiger partial charge in [0.15, 0.2) is 5.82 Å². The molecule has 2 aliphatic rings. The molecule has 12 aromatic carbocycles. The van der Waals surface area contributed by atoms with Crippen LogP contribution in [-0.4, -0.2) is 21.2 Å². The van der Waals surface area contributed by atoms with Crippen LogP contribution in [0.25, 0.3) is 94.8 Å². The first-order chi connectivity index (χ1) is 40.7. The summed E-state index contributed by atoms with van der Waals surface area (Å²) in [5.41, 5.74) is 26.0. The molecule has 6 heteroatoms. The number of para-hydroxylation sites is 4. The van der Waals surface area contributed by atoms with Crippen LogP contribution in [0.1, 0.15) is 0 Å². The number of benzene rings is 12. The average molecular weight is 1040 g/mol. The fourth-order valence-corrected chi connectivity index (χ4v) is 12.8. The first-order valence-corrected chi connectivity index (χ1v) is 28.1. The zero-order chi connectivity index (χ0) is 54.1. The van der Waals surface area contributed by atoms with E-state index in [9.17, 15) is 0 Å². The topological polar surface area (TPSA) is 37.2 Å². The van der Waals surface area contributed by atoms with E-state index in [1.165, 1.54) is 61.0 Å². The largest absolute Gasteiger partial charge is 0.311 e. The van der Waals surface area contributed by atoms with E-state index in [1.807, 2.05) is 24.3 Å². The number of hydrogen-bond donors (Lipinski definition) is 0. The minimum Gasteiger partial charge on any atom is -0.311 e. The molecule has 0 unspecified atom stereocenters. The smallest absolute Gasteiger partial charge is 0.252 e. The van der Waals surface area contributed by atoms with Crippen LogP contribution in [0.2, 0.25) is 0 Å². The summed E-state index contributed by atoms with van der Waals surface area (Å²) in [7, 11) is 0. The van der Waals surface area contributed by atoms with Crippen molar-refractivity contribution in [1.82, 2.24) is 14.5 Å². The SMILES string of the molecule is c1ccc(-c2ccc3c(c2)c2ccccc2n3-c2ccc(-c3cc(-c4ccccc4)nc(-c4ccccc4)n3)cc2-c2ccc(-c3ccc(N4c5ccccc5B5c6ccccc6N(c6ccccc6)c6cccc4c65)cc3)cc2)cc1. The molecule has 382 valence electrons. The molecule has 0 aliphatic carbocycles. The Morgan fingerprint density at radius 2 is 0.732 bits per heavy atom. The second-order valence-electron chi connectivity index (χ2n) is 21.3. The molecule has 0 N–H and O–H groups in total. The first kappa shape index (κ1) is 47.2. The Morgan fingerprint density at radius 3 is 1.39 bits per heavy atom. The zero-order valence-corrected chi connectivity index (χ0v) is 44.7. The molecule has 0 saturated carbocycles. The van der Waals surface area contributed by atoms with Gasteiger partial charge in [-0.15, -0.1) is 0 Å². The van der Waals surface area contributed by atoms with E-state index in [2.05, 4.69) is 293 Å². The molecule has 2 aromatic heterocycles. The average Bonchev–Trinajstić information content (AvgIpc) is 3.76. The summed E-state index contributed by atoms with van der Waals surface area (Å²) in [6.45, 7) is 0.0933. The van der Waals surface area contributed by atoms with Crippen molar-refractivity contribution in [3.05, 3.63) is 303 Å². The maximum atomic E-state index is 5.30. The molecule has 2 aliphatic heterocycles. The van der Waals surface area contributed by atoms with Gasteiger partial charge in [0.25, 0.3) is 6.71 Å². The van der Waals surface area contributed by atoms with Crippen molar-refractivity contribution >= 4 is 79.0 Å². The summed E-state index contributed by atoms with van der Waals surface area (Å²) < 4.78 is 2.44. The van der Waals surface area contributed by atoms with Gasteiger partial charge in [0, 0.05) is 67.2 Å². The number of aromatic nitrogens is 3. The number of rotatable bonds is 9. The van der Waals surface area contributed by atoms with Crippen molar-refractivity contribution in [2.45, 2.75) is 0 Å². The highest BCUT2D eigenvalue weighted by atomic mass is 15.2. The van der Waals surface area contributed by atoms with Gasteiger partial charge in [-0.3, -0.25) is 0 Å². The van der Waals surface area contributed by atoms with Gasteiger partial charge in [-0.25, -0.2) is 9.97 Å². The third-order valence-corrected chi connectivity index (χ3v) is 16.6. The molecule has 82 heavy (non-hydrogen) atoms. The fourth-order valence-electron chi connectivity index (χ4n) is 12.8. The quantitative estimate of drug-likeness (QED) is 0.135. The summed E-state index contributed by atoms with van der Waals surface area (Å²) >= 11 is 0. The van der Waals surface area contributed by atoms with E-state index >= 15 is 0 Å². The van der Waals surface area contributed by atoms with Gasteiger partial charge in [-0.05, 0) is 129 Å². The molecule has 4 heterocycles. The normalized spacial score (nSPS) is 12.3. The van der Waals surface area contributed by atoms with Gasteiger partial charge in [0.1, 0.15) is 0 Å². The number of hydrogen-bond acceptors (Lipinski definition) is 4. The van der Waals surface area contributed by atoms with Crippen molar-refractivity contribution in [1.29, 1.82) is 0 Å². The Balaban J connectivity index is 0.814. The Morgan fingerprint density at radius 1 is 0.268 bits per heavy atom. The lowest BCUT2D eigenvalue weighted by Crippen LogP contribution is -2.61. The zero-order valence-electron chi connectivity index (χ0n) is 44.7. The highest BCUT2D eigenvalue weighted by Crippen LogP contribution is 2.45. The predicted octanol–water partition coefficient (Wildman–Crippen LogP) is 17.7. The van der Waals surface area contributed by atoms with E-state index < -0.39 is 0 Å². The van der Waals surface area contributed by atoms with Crippen molar-refractivity contribution < 1.29 is 0 Å². The molecular weight excluding hydrogens is 994 g/mol. The van der Waals surface area contributed by atoms with Crippen LogP contribution in [0.15, 0.2) is 303 Å². The van der Waals surface area contributed by atoms with Crippen LogP contribution in [-0.2, 0) is 0 Å². The molecule has 0 spiro atoms. The number of anilines is 6. The van der Waals surface area contributed by atoms with Gasteiger partial charge in [0.2, 0.25) is 0 Å². The monoisotopic (exact) mass is 1040 g/mol. The van der Waals surface area contributed by atoms with Gasteiger partial charge >= 0.3 is 0 Å². The third-order valence-electron chi connectivity index (χ3n) is 16.6. The highest BCUT2D eigenvalue weighted by Gasteiger charge is 2.42. The lowest BCUT2D eigenvalue weighted by Gasteiger charge is -2.44. The summed E-state index contributed by atoms with van der Waals surface area (Å²) in [4.78, 5) is 15.3. The van der Waals surface area contributed by atoms with Crippen molar-refractivity contribution in [2.24, 2.45) is 0 Å². The summed E-state index contributed by atoms with van der Waals surface area (Å²) in [6.07, 6.45) is 0. The lowest BCUT2D eigenvalue weighted by molar-refractivity contribution is 1.17. The predicted molar refractivity (Wildman–Crippen MR) is 343 cm³/mol. The molecule has 0 amide bonds. The van der Waals surface area contributed by atoms with Gasteiger partial charge in [-0.2, -0.15) is 0 Å². The maximum absolute atomic E-state index is 5.30. The van der Waals surface area contributed by atoms with Crippen molar-refractivity contribution in [3.63, 3.8) is 0 Å². The minimum atomic E-state index is 0.0933. The Labute approximate surface area is 477 Å². The fraction of sp³-hybridized carbons (Fsp3) is 0. The molecular formula is C76H50BN5. The standard InChI is InChI=1S/C76H50BN5/c1-5-20-51(21-6-1)57-42-46-70-63(48-57)61-28-13-16-31-68(61)82(70)69-47-43-58(67-50-66(55-22-7-2-8-23-55)78-76(79-67)56-24-9-3-10-25-56)49-62(69)54-38-36-52(37-39-54)53-40-44-60(45-41-53)81-72-33-18-15-30-65(72)77-64-29-14-17-32-71(64)80(59-26-11-4-12-27-59)73-34-19-35-74(81)75(73)77/h1-50H. The van der Waals surface area contributed by atoms with Gasteiger partial charge in [-0.1, -0.05) is 218 Å². The molecule has 0 fully saturated rings. The Kier molecular flexibility index (Phi) is 11.2. The molecule has 0 saturated heterocycles. The second kappa shape index (κ2) is 19.5. The molecule has 16 rings (SSSR count). The van der Waals surface area contributed by atoms with E-state index in [-0.39, 0.29) is 6.71 Å². The van der Waals surface area contributed by atoms with Crippen LogP contribution in [0, 0.1) is 0 Å². The first-order valence-electron chi connectivity index (χ1n) is 28.1. The lowest BCUT2D eigenvalue weighted by atomic mass is 9.33. The van der Waals surface area contributed by atoms with Crippen LogP contribution in [0.3, 0.4) is 0 Å². The second-order valence-corrected chi connectivity index (χ2v) is 21.3. The number of fused-ring (bicyclic) bond motifs is 7. The van der Waals surface area contributed by atoms with E-state index in [0.29, 0.717) is 5.82 Å². The molecule has 0 radical (unpaired) electrons. The van der Waals surface area contributed by atoms with E-state index in [1.54, 1.807) is 0 Å². The van der Waals surface area contributed by atoms with E-state index in [0.717, 1.165) is 78.4 Å². The highest BCUT2D eigenvalue weighted by molar-refractivity contribution is 7.00. The van der Waals surface area contributed by atoms with E-state index in [4.69, 9.17) is 9.97 Å².